The molecule has 0 atom stereocenters. The number of ether oxygens (including phenoxy) is 2. The maximum absolute atomic E-state index is 12.4. The van der Waals surface area contributed by atoms with Crippen molar-refractivity contribution in [1.82, 2.24) is 4.90 Å². The number of aryl methyl sites for hydroxylation is 1. The molecule has 23 heavy (non-hydrogen) atoms. The maximum Gasteiger partial charge on any atom is 0.341 e. The predicted molar refractivity (Wildman–Crippen MR) is 95.5 cm³/mol. The largest absolute Gasteiger partial charge is 0.462 e. The SMILES string of the molecule is CCOC(=O)c1c(NC(=S)N2CCOCC2)sc2c1CCCC2. The molecule has 1 aromatic rings. The van der Waals surface area contributed by atoms with Crippen LogP contribution in [0.1, 0.15) is 40.6 Å². The van der Waals surface area contributed by atoms with Crippen LogP contribution in [0.4, 0.5) is 5.00 Å². The summed E-state index contributed by atoms with van der Waals surface area (Å²) in [6.07, 6.45) is 4.30. The average Bonchev–Trinajstić information content (AvgIpc) is 2.93. The summed E-state index contributed by atoms with van der Waals surface area (Å²) in [5.41, 5.74) is 1.86. The van der Waals surface area contributed by atoms with Gasteiger partial charge in [-0.3, -0.25) is 0 Å². The molecule has 1 aliphatic heterocycles. The number of carbonyl (C=O) groups excluding carboxylic acids is 1. The topological polar surface area (TPSA) is 50.8 Å². The van der Waals surface area contributed by atoms with Gasteiger partial charge < -0.3 is 19.7 Å². The minimum absolute atomic E-state index is 0.237. The first-order valence-corrected chi connectivity index (χ1v) is 9.38. The van der Waals surface area contributed by atoms with E-state index in [1.807, 2.05) is 6.92 Å². The van der Waals surface area contributed by atoms with Gasteiger partial charge >= 0.3 is 5.97 Å². The molecule has 1 N–H and O–H groups in total. The molecule has 0 aromatic carbocycles. The van der Waals surface area contributed by atoms with Crippen LogP contribution < -0.4 is 5.32 Å². The summed E-state index contributed by atoms with van der Waals surface area (Å²) < 4.78 is 10.6. The van der Waals surface area contributed by atoms with E-state index >= 15 is 0 Å². The number of fused-ring (bicyclic) bond motifs is 1. The van der Waals surface area contributed by atoms with Crippen LogP contribution in [0.25, 0.3) is 0 Å². The number of thiocarbonyl (C=S) groups is 1. The first kappa shape index (κ1) is 16.7. The highest BCUT2D eigenvalue weighted by atomic mass is 32.1. The van der Waals surface area contributed by atoms with Crippen LogP contribution in [0.15, 0.2) is 0 Å². The van der Waals surface area contributed by atoms with Crippen LogP contribution in [-0.2, 0) is 22.3 Å². The van der Waals surface area contributed by atoms with Crippen molar-refractivity contribution in [3.05, 3.63) is 16.0 Å². The lowest BCUT2D eigenvalue weighted by Gasteiger charge is -2.29. The van der Waals surface area contributed by atoms with Gasteiger partial charge in [0.1, 0.15) is 5.00 Å². The monoisotopic (exact) mass is 354 g/mol. The average molecular weight is 354 g/mol. The molecule has 1 aliphatic carbocycles. The van der Waals surface area contributed by atoms with Crippen LogP contribution in [-0.4, -0.2) is 48.9 Å². The highest BCUT2D eigenvalue weighted by Crippen LogP contribution is 2.38. The van der Waals surface area contributed by atoms with Crippen molar-refractivity contribution in [1.29, 1.82) is 0 Å². The molecule has 1 saturated heterocycles. The normalized spacial score (nSPS) is 17.5. The minimum atomic E-state index is -0.237. The molecule has 2 aliphatic rings. The fourth-order valence-corrected chi connectivity index (χ4v) is 4.64. The Balaban J connectivity index is 1.83. The predicted octanol–water partition coefficient (Wildman–Crippen LogP) is 2.83. The first-order chi connectivity index (χ1) is 11.2. The zero-order chi connectivity index (χ0) is 16.2. The molecular weight excluding hydrogens is 332 g/mol. The van der Waals surface area contributed by atoms with Crippen LogP contribution >= 0.6 is 23.6 Å². The summed E-state index contributed by atoms with van der Waals surface area (Å²) in [4.78, 5) is 15.8. The Kier molecular flexibility index (Phi) is 5.50. The van der Waals surface area contributed by atoms with E-state index in [-0.39, 0.29) is 5.97 Å². The Morgan fingerprint density at radius 2 is 2.09 bits per heavy atom. The number of morpholine rings is 1. The van der Waals surface area contributed by atoms with Gasteiger partial charge in [-0.2, -0.15) is 0 Å². The molecule has 0 unspecified atom stereocenters. The third-order valence-electron chi connectivity index (χ3n) is 4.17. The lowest BCUT2D eigenvalue weighted by atomic mass is 9.95. The summed E-state index contributed by atoms with van der Waals surface area (Å²) >= 11 is 7.17. The summed E-state index contributed by atoms with van der Waals surface area (Å²) in [7, 11) is 0. The second-order valence-corrected chi connectivity index (χ2v) is 7.16. The van der Waals surface area contributed by atoms with Gasteiger partial charge in [0.25, 0.3) is 0 Å². The third-order valence-corrected chi connectivity index (χ3v) is 5.74. The number of esters is 1. The van der Waals surface area contributed by atoms with Crippen molar-refractivity contribution in [3.8, 4) is 0 Å². The summed E-state index contributed by atoms with van der Waals surface area (Å²) in [5, 5.41) is 4.80. The zero-order valence-electron chi connectivity index (χ0n) is 13.4. The highest BCUT2D eigenvalue weighted by Gasteiger charge is 2.27. The van der Waals surface area contributed by atoms with Crippen LogP contribution in [0.3, 0.4) is 0 Å². The molecule has 0 saturated carbocycles. The van der Waals surface area contributed by atoms with Crippen molar-refractivity contribution in [2.45, 2.75) is 32.6 Å². The molecule has 0 spiro atoms. The maximum atomic E-state index is 12.4. The second kappa shape index (κ2) is 7.59. The van der Waals surface area contributed by atoms with E-state index in [1.165, 1.54) is 11.3 Å². The van der Waals surface area contributed by atoms with Gasteiger partial charge in [0.2, 0.25) is 0 Å². The molecule has 0 amide bonds. The molecule has 2 heterocycles. The van der Waals surface area contributed by atoms with Crippen molar-refractivity contribution < 1.29 is 14.3 Å². The number of nitrogens with zero attached hydrogens (tertiary/aromatic N) is 1. The molecule has 0 radical (unpaired) electrons. The number of nitrogens with one attached hydrogen (secondary N) is 1. The molecule has 1 aromatic heterocycles. The Morgan fingerprint density at radius 3 is 2.83 bits per heavy atom. The third kappa shape index (κ3) is 3.67. The van der Waals surface area contributed by atoms with Crippen molar-refractivity contribution in [2.24, 2.45) is 0 Å². The van der Waals surface area contributed by atoms with Gasteiger partial charge in [0.15, 0.2) is 5.11 Å². The van der Waals surface area contributed by atoms with E-state index in [1.54, 1.807) is 11.3 Å². The van der Waals surface area contributed by atoms with Gasteiger partial charge in [-0.1, -0.05) is 0 Å². The second-order valence-electron chi connectivity index (χ2n) is 5.67. The van der Waals surface area contributed by atoms with Crippen LogP contribution in [0, 0.1) is 0 Å². The molecule has 1 fully saturated rings. The number of carbonyl (C=O) groups is 1. The van der Waals surface area contributed by atoms with E-state index in [0.29, 0.717) is 30.5 Å². The van der Waals surface area contributed by atoms with Gasteiger partial charge in [0, 0.05) is 18.0 Å². The lowest BCUT2D eigenvalue weighted by Crippen LogP contribution is -2.42. The smallest absolute Gasteiger partial charge is 0.341 e. The summed E-state index contributed by atoms with van der Waals surface area (Å²) in [6, 6.07) is 0. The summed E-state index contributed by atoms with van der Waals surface area (Å²) in [6.45, 7) is 5.16. The molecule has 126 valence electrons. The Bertz CT molecular complexity index is 594. The van der Waals surface area contributed by atoms with E-state index in [0.717, 1.165) is 42.9 Å². The Labute approximate surface area is 145 Å². The molecule has 7 heteroatoms. The Hall–Kier alpha value is -1.18. The standard InChI is InChI=1S/C16H22N2O3S2/c1-2-21-15(19)13-11-5-3-4-6-12(11)23-14(13)17-16(22)18-7-9-20-10-8-18/h2-10H2,1H3,(H,17,22). The fraction of sp³-hybridized carbons (Fsp3) is 0.625. The van der Waals surface area contributed by atoms with Crippen molar-refractivity contribution >= 4 is 39.6 Å². The molecular formula is C16H22N2O3S2. The highest BCUT2D eigenvalue weighted by molar-refractivity contribution is 7.80. The minimum Gasteiger partial charge on any atom is -0.462 e. The van der Waals surface area contributed by atoms with Gasteiger partial charge in [-0.15, -0.1) is 11.3 Å². The Morgan fingerprint density at radius 1 is 1.35 bits per heavy atom. The molecule has 0 bridgehead atoms. The number of hydrogen-bond donors (Lipinski definition) is 1. The molecule has 3 rings (SSSR count). The van der Waals surface area contributed by atoms with Gasteiger partial charge in [0.05, 0.1) is 25.4 Å². The van der Waals surface area contributed by atoms with E-state index in [2.05, 4.69) is 10.2 Å². The van der Waals surface area contributed by atoms with E-state index < -0.39 is 0 Å². The first-order valence-electron chi connectivity index (χ1n) is 8.16. The number of hydrogen-bond acceptors (Lipinski definition) is 5. The zero-order valence-corrected chi connectivity index (χ0v) is 15.0. The van der Waals surface area contributed by atoms with Gasteiger partial charge in [-0.25, -0.2) is 4.79 Å². The lowest BCUT2D eigenvalue weighted by molar-refractivity contribution is 0.0526. The number of anilines is 1. The van der Waals surface area contributed by atoms with E-state index in [9.17, 15) is 4.79 Å². The fourth-order valence-electron chi connectivity index (χ4n) is 3.02. The van der Waals surface area contributed by atoms with Crippen molar-refractivity contribution in [3.63, 3.8) is 0 Å². The van der Waals surface area contributed by atoms with Crippen LogP contribution in [0.2, 0.25) is 0 Å². The van der Waals surface area contributed by atoms with Crippen LogP contribution in [0.5, 0.6) is 0 Å². The summed E-state index contributed by atoms with van der Waals surface area (Å²) in [5.74, 6) is -0.237. The number of thiophene rings is 1. The number of rotatable bonds is 3. The quantitative estimate of drug-likeness (QED) is 0.665. The van der Waals surface area contributed by atoms with E-state index in [4.69, 9.17) is 21.7 Å². The van der Waals surface area contributed by atoms with Crippen molar-refractivity contribution in [2.75, 3.05) is 38.2 Å². The molecule has 5 nitrogen and oxygen atoms in total. The van der Waals surface area contributed by atoms with Gasteiger partial charge in [-0.05, 0) is 50.4 Å².